The molecule has 23 heavy (non-hydrogen) atoms. The van der Waals surface area contributed by atoms with Crippen LogP contribution in [0.15, 0.2) is 9.79 Å². The number of phenolic OH excluding ortho intramolecular Hbond substituents is 2. The minimum Gasteiger partial charge on any atom is -0.503 e. The number of hydrogen-bond donors (Lipinski definition) is 4. The summed E-state index contributed by atoms with van der Waals surface area (Å²) in [5.41, 5.74) is 7.57. The van der Waals surface area contributed by atoms with Crippen molar-refractivity contribution < 1.29 is 36.6 Å². The van der Waals surface area contributed by atoms with Crippen molar-refractivity contribution >= 4 is 23.1 Å². The molecule has 0 saturated carbocycles. The van der Waals surface area contributed by atoms with Gasteiger partial charge in [-0.3, -0.25) is 0 Å². The molecule has 0 aromatic heterocycles. The SMILES string of the molecule is Nc1c(O)c(F)c(F)c(Sc2c(F)c(N)c(O)c(F)c2F)c1F. The lowest BCUT2D eigenvalue weighted by Gasteiger charge is -2.13. The highest BCUT2D eigenvalue weighted by molar-refractivity contribution is 7.99. The molecule has 2 aromatic rings. The second-order valence-electron chi connectivity index (χ2n) is 4.17. The average molecular weight is 356 g/mol. The highest BCUT2D eigenvalue weighted by Crippen LogP contribution is 2.44. The van der Waals surface area contributed by atoms with Gasteiger partial charge in [0.2, 0.25) is 11.6 Å². The third-order valence-electron chi connectivity index (χ3n) is 2.79. The first-order chi connectivity index (χ1) is 10.6. The van der Waals surface area contributed by atoms with Crippen LogP contribution in [-0.4, -0.2) is 10.2 Å². The summed E-state index contributed by atoms with van der Waals surface area (Å²) in [6.07, 6.45) is 0. The van der Waals surface area contributed by atoms with E-state index in [-0.39, 0.29) is 0 Å². The topological polar surface area (TPSA) is 92.5 Å². The zero-order valence-corrected chi connectivity index (χ0v) is 11.5. The van der Waals surface area contributed by atoms with Crippen molar-refractivity contribution in [3.63, 3.8) is 0 Å². The van der Waals surface area contributed by atoms with E-state index >= 15 is 0 Å². The van der Waals surface area contributed by atoms with Crippen LogP contribution < -0.4 is 11.5 Å². The third kappa shape index (κ3) is 2.46. The van der Waals surface area contributed by atoms with Gasteiger partial charge in [-0.2, -0.15) is 8.78 Å². The molecule has 0 saturated heterocycles. The summed E-state index contributed by atoms with van der Waals surface area (Å²) in [6, 6.07) is 0. The highest BCUT2D eigenvalue weighted by Gasteiger charge is 2.29. The maximum Gasteiger partial charge on any atom is 0.203 e. The van der Waals surface area contributed by atoms with E-state index in [9.17, 15) is 26.3 Å². The first kappa shape index (κ1) is 16.9. The van der Waals surface area contributed by atoms with Crippen molar-refractivity contribution in [2.75, 3.05) is 11.5 Å². The van der Waals surface area contributed by atoms with E-state index in [4.69, 9.17) is 21.7 Å². The number of nitrogens with two attached hydrogens (primary N) is 2. The first-order valence-electron chi connectivity index (χ1n) is 5.57. The van der Waals surface area contributed by atoms with Crippen molar-refractivity contribution in [1.29, 1.82) is 0 Å². The molecular weight excluding hydrogens is 350 g/mol. The number of halogens is 6. The highest BCUT2D eigenvalue weighted by atomic mass is 32.2. The van der Waals surface area contributed by atoms with E-state index in [2.05, 4.69) is 0 Å². The molecule has 0 radical (unpaired) electrons. The van der Waals surface area contributed by atoms with E-state index in [1.54, 1.807) is 0 Å². The Labute approximate surface area is 128 Å². The molecule has 2 rings (SSSR count). The molecular formula is C12H6F6N2O2S. The van der Waals surface area contributed by atoms with Crippen LogP contribution in [0.3, 0.4) is 0 Å². The fraction of sp³-hybridized carbons (Fsp3) is 0. The molecule has 2 aromatic carbocycles. The fourth-order valence-electron chi connectivity index (χ4n) is 1.57. The molecule has 0 fully saturated rings. The minimum absolute atomic E-state index is 0.394. The summed E-state index contributed by atoms with van der Waals surface area (Å²) < 4.78 is 81.6. The number of phenols is 2. The van der Waals surface area contributed by atoms with Gasteiger partial charge in [0.05, 0.1) is 9.79 Å². The molecule has 11 heteroatoms. The zero-order chi connectivity index (χ0) is 17.6. The number of hydrogen-bond acceptors (Lipinski definition) is 5. The zero-order valence-electron chi connectivity index (χ0n) is 10.7. The molecule has 4 nitrogen and oxygen atoms in total. The number of rotatable bonds is 2. The van der Waals surface area contributed by atoms with Crippen LogP contribution in [0.5, 0.6) is 11.5 Å². The molecule has 0 amide bonds. The minimum atomic E-state index is -2.00. The molecule has 124 valence electrons. The van der Waals surface area contributed by atoms with Gasteiger partial charge >= 0.3 is 0 Å². The van der Waals surface area contributed by atoms with Crippen molar-refractivity contribution in [3.05, 3.63) is 34.9 Å². The molecule has 0 unspecified atom stereocenters. The summed E-state index contributed by atoms with van der Waals surface area (Å²) in [6.45, 7) is 0. The van der Waals surface area contributed by atoms with Gasteiger partial charge in [0, 0.05) is 0 Å². The van der Waals surface area contributed by atoms with Crippen LogP contribution in [0.4, 0.5) is 37.7 Å². The lowest BCUT2D eigenvalue weighted by atomic mass is 10.2. The second kappa shape index (κ2) is 5.65. The van der Waals surface area contributed by atoms with Crippen molar-refractivity contribution in [3.8, 4) is 11.5 Å². The predicted molar refractivity (Wildman–Crippen MR) is 68.9 cm³/mol. The van der Waals surface area contributed by atoms with Gasteiger partial charge in [-0.05, 0) is 0 Å². The fourth-order valence-corrected chi connectivity index (χ4v) is 2.53. The van der Waals surface area contributed by atoms with Gasteiger partial charge in [-0.15, -0.1) is 0 Å². The number of nitrogen functional groups attached to an aromatic ring is 2. The average Bonchev–Trinajstić information content (AvgIpc) is 2.54. The van der Waals surface area contributed by atoms with E-state index < -0.39 is 79.3 Å². The second-order valence-corrected chi connectivity index (χ2v) is 5.19. The lowest BCUT2D eigenvalue weighted by Crippen LogP contribution is -2.04. The maximum absolute atomic E-state index is 13.8. The molecule has 0 bridgehead atoms. The molecule has 0 aliphatic rings. The third-order valence-corrected chi connectivity index (χ3v) is 3.91. The number of anilines is 2. The monoisotopic (exact) mass is 356 g/mol. The normalized spacial score (nSPS) is 11.0. The van der Waals surface area contributed by atoms with Gasteiger partial charge in [0.25, 0.3) is 0 Å². The summed E-state index contributed by atoms with van der Waals surface area (Å²) >= 11 is -0.394. The Balaban J connectivity index is 2.71. The summed E-state index contributed by atoms with van der Waals surface area (Å²) in [7, 11) is 0. The van der Waals surface area contributed by atoms with Crippen LogP contribution in [0, 0.1) is 34.9 Å². The standard InChI is InChI=1S/C12H6F6N2O2S/c13-1-3(15)11(5(17)7(19)9(1)21)23-12-4(16)2(14)10(22)8(20)6(12)18/h21-22H,19-20H2. The summed E-state index contributed by atoms with van der Waals surface area (Å²) in [5, 5.41) is 18.1. The van der Waals surface area contributed by atoms with Gasteiger partial charge in [0.1, 0.15) is 11.4 Å². The van der Waals surface area contributed by atoms with Gasteiger partial charge < -0.3 is 21.7 Å². The van der Waals surface area contributed by atoms with Crippen LogP contribution in [0.1, 0.15) is 0 Å². The Kier molecular flexibility index (Phi) is 4.16. The van der Waals surface area contributed by atoms with Crippen LogP contribution >= 0.6 is 11.8 Å². The largest absolute Gasteiger partial charge is 0.503 e. The molecule has 0 heterocycles. The maximum atomic E-state index is 13.8. The Morgan fingerprint density at radius 2 is 0.870 bits per heavy atom. The smallest absolute Gasteiger partial charge is 0.203 e. The number of benzene rings is 2. The molecule has 0 spiro atoms. The summed E-state index contributed by atoms with van der Waals surface area (Å²) in [4.78, 5) is -2.67. The Hall–Kier alpha value is -2.43. The predicted octanol–water partition coefficient (Wildman–Crippen LogP) is 3.25. The molecule has 0 aliphatic heterocycles. The van der Waals surface area contributed by atoms with Crippen molar-refractivity contribution in [2.24, 2.45) is 0 Å². The molecule has 6 N–H and O–H groups in total. The Morgan fingerprint density at radius 1 is 0.565 bits per heavy atom. The van der Waals surface area contributed by atoms with Crippen molar-refractivity contribution in [2.45, 2.75) is 9.79 Å². The van der Waals surface area contributed by atoms with E-state index in [1.165, 1.54) is 0 Å². The van der Waals surface area contributed by atoms with Crippen molar-refractivity contribution in [1.82, 2.24) is 0 Å². The quantitative estimate of drug-likeness (QED) is 0.287. The molecule has 0 aliphatic carbocycles. The van der Waals surface area contributed by atoms with Gasteiger partial charge in [0.15, 0.2) is 34.8 Å². The van der Waals surface area contributed by atoms with Crippen LogP contribution in [0.25, 0.3) is 0 Å². The van der Waals surface area contributed by atoms with Gasteiger partial charge in [-0.1, -0.05) is 11.8 Å². The van der Waals surface area contributed by atoms with Gasteiger partial charge in [-0.25, -0.2) is 17.6 Å². The number of aromatic hydroxyl groups is 2. The van der Waals surface area contributed by atoms with E-state index in [0.717, 1.165) is 0 Å². The molecule has 0 atom stereocenters. The van der Waals surface area contributed by atoms with E-state index in [0.29, 0.717) is 0 Å². The Bertz CT molecular complexity index is 705. The summed E-state index contributed by atoms with van der Waals surface area (Å²) in [5.74, 6) is -14.4. The van der Waals surface area contributed by atoms with Crippen LogP contribution in [0.2, 0.25) is 0 Å². The first-order valence-corrected chi connectivity index (χ1v) is 6.38. The van der Waals surface area contributed by atoms with E-state index in [1.807, 2.05) is 0 Å². The Morgan fingerprint density at radius 3 is 1.17 bits per heavy atom. The lowest BCUT2D eigenvalue weighted by molar-refractivity contribution is 0.389. The van der Waals surface area contributed by atoms with Crippen LogP contribution in [-0.2, 0) is 0 Å².